The predicted octanol–water partition coefficient (Wildman–Crippen LogP) is -1.25. The predicted molar refractivity (Wildman–Crippen MR) is 46.9 cm³/mol. The third-order valence-corrected chi connectivity index (χ3v) is 1.43. The maximum atomic E-state index is 11.1. The summed E-state index contributed by atoms with van der Waals surface area (Å²) in [6.07, 6.45) is 0. The van der Waals surface area contributed by atoms with Gasteiger partial charge in [-0.2, -0.15) is 0 Å². The maximum Gasteiger partial charge on any atom is 0.281 e. The van der Waals surface area contributed by atoms with Crippen molar-refractivity contribution in [3.05, 3.63) is 0 Å². The fourth-order valence-corrected chi connectivity index (χ4v) is 0.895. The number of rotatable bonds is 2. The Morgan fingerprint density at radius 3 is 2.29 bits per heavy atom. The summed E-state index contributed by atoms with van der Waals surface area (Å²) in [5.41, 5.74) is 2.56. The summed E-state index contributed by atoms with van der Waals surface area (Å²) in [7, 11) is 1.58. The van der Waals surface area contributed by atoms with Crippen molar-refractivity contribution in [1.82, 2.24) is 20.3 Å². The Kier molecular flexibility index (Phi) is 2.75. The molecule has 0 saturated carbocycles. The first-order chi connectivity index (χ1) is 6.56. The lowest BCUT2D eigenvalue weighted by Crippen LogP contribution is -2.34. The molecule has 0 aliphatic heterocycles. The first kappa shape index (κ1) is 10.1. The molecule has 1 rings (SSSR count). The van der Waals surface area contributed by atoms with Gasteiger partial charge in [-0.25, -0.2) is 4.90 Å². The van der Waals surface area contributed by atoms with E-state index in [2.05, 4.69) is 20.8 Å². The molecule has 0 aromatic carbocycles. The Balaban J connectivity index is 2.99. The van der Waals surface area contributed by atoms with E-state index < -0.39 is 11.8 Å². The van der Waals surface area contributed by atoms with Gasteiger partial charge in [-0.3, -0.25) is 15.0 Å². The van der Waals surface area contributed by atoms with Crippen LogP contribution in [-0.4, -0.2) is 39.2 Å². The third-order valence-electron chi connectivity index (χ3n) is 1.43. The first-order valence-corrected chi connectivity index (χ1v) is 3.85. The highest BCUT2D eigenvalue weighted by atomic mass is 16.2. The summed E-state index contributed by atoms with van der Waals surface area (Å²) in [6.45, 7) is 2.50. The maximum absolute atomic E-state index is 11.1. The number of carbonyl (C=O) groups excluding carboxylic acids is 2. The van der Waals surface area contributed by atoms with Crippen molar-refractivity contribution in [3.8, 4) is 0 Å². The monoisotopic (exact) mass is 198 g/mol. The van der Waals surface area contributed by atoms with E-state index in [-0.39, 0.29) is 5.95 Å². The van der Waals surface area contributed by atoms with Gasteiger partial charge in [0.15, 0.2) is 0 Å². The lowest BCUT2D eigenvalue weighted by molar-refractivity contribution is -0.124. The van der Waals surface area contributed by atoms with Crippen LogP contribution in [0, 0.1) is 0 Å². The number of amides is 2. The van der Waals surface area contributed by atoms with Crippen LogP contribution in [0.1, 0.15) is 13.8 Å². The highest BCUT2D eigenvalue weighted by molar-refractivity contribution is 6.11. The zero-order valence-electron chi connectivity index (χ0n) is 8.05. The number of aromatic nitrogens is 4. The third kappa shape index (κ3) is 1.84. The van der Waals surface area contributed by atoms with Crippen LogP contribution in [0.25, 0.3) is 0 Å². The van der Waals surface area contributed by atoms with Crippen LogP contribution in [0.4, 0.5) is 5.95 Å². The van der Waals surface area contributed by atoms with Crippen molar-refractivity contribution >= 4 is 17.8 Å². The Morgan fingerprint density at radius 1 is 1.36 bits per heavy atom. The molecule has 0 bridgehead atoms. The van der Waals surface area contributed by atoms with Crippen molar-refractivity contribution in [2.45, 2.75) is 13.8 Å². The quantitative estimate of drug-likeness (QED) is 0.638. The molecule has 8 heteroatoms. The van der Waals surface area contributed by atoms with E-state index in [1.54, 1.807) is 7.05 Å². The summed E-state index contributed by atoms with van der Waals surface area (Å²) < 4.78 is 0. The van der Waals surface area contributed by atoms with E-state index in [9.17, 15) is 9.59 Å². The van der Waals surface area contributed by atoms with E-state index in [0.717, 1.165) is 9.81 Å². The van der Waals surface area contributed by atoms with E-state index in [1.807, 2.05) is 0 Å². The Morgan fingerprint density at radius 2 is 1.93 bits per heavy atom. The van der Waals surface area contributed by atoms with Gasteiger partial charge >= 0.3 is 0 Å². The minimum absolute atomic E-state index is 0.0423. The average molecular weight is 198 g/mol. The minimum atomic E-state index is -0.451. The lowest BCUT2D eigenvalue weighted by Gasteiger charge is -2.10. The Labute approximate surface area is 79.8 Å². The Bertz CT molecular complexity index is 345. The number of nitrogens with zero attached hydrogens (tertiary/aromatic N) is 5. The molecular formula is C6H10N6O2. The fraction of sp³-hybridized carbons (Fsp3) is 0.500. The normalized spacial score (nSPS) is 9.64. The van der Waals surface area contributed by atoms with Crippen LogP contribution in [0.3, 0.4) is 0 Å². The molecule has 1 aromatic rings. The van der Waals surface area contributed by atoms with Gasteiger partial charge in [0.2, 0.25) is 11.8 Å². The van der Waals surface area contributed by atoms with Crippen molar-refractivity contribution in [3.63, 3.8) is 0 Å². The van der Waals surface area contributed by atoms with Gasteiger partial charge in [-0.15, -0.1) is 0 Å². The molecular weight excluding hydrogens is 188 g/mol. The number of imide groups is 1. The van der Waals surface area contributed by atoms with Gasteiger partial charge in [-0.1, -0.05) is 15.1 Å². The number of anilines is 1. The molecule has 0 radical (unpaired) electrons. The molecule has 1 N–H and O–H groups in total. The summed E-state index contributed by atoms with van der Waals surface area (Å²) in [5, 5.41) is 10.8. The number of tetrazole rings is 1. The molecule has 0 spiro atoms. The van der Waals surface area contributed by atoms with E-state index in [4.69, 9.17) is 0 Å². The molecule has 1 aromatic heterocycles. The largest absolute Gasteiger partial charge is 0.294 e. The van der Waals surface area contributed by atoms with Crippen molar-refractivity contribution in [2.24, 2.45) is 0 Å². The Hall–Kier alpha value is -1.99. The molecule has 8 nitrogen and oxygen atoms in total. The molecule has 0 saturated heterocycles. The minimum Gasteiger partial charge on any atom is -0.294 e. The van der Waals surface area contributed by atoms with Crippen LogP contribution in [0.15, 0.2) is 0 Å². The SMILES string of the molecule is CNn1nnc(N(C(C)=O)C(C)=O)n1. The zero-order valence-corrected chi connectivity index (χ0v) is 8.05. The molecule has 1 heterocycles. The summed E-state index contributed by atoms with van der Waals surface area (Å²) in [6, 6.07) is 0. The van der Waals surface area contributed by atoms with E-state index in [1.165, 1.54) is 13.8 Å². The number of hydrogen-bond donors (Lipinski definition) is 1. The average Bonchev–Trinajstić information content (AvgIpc) is 2.51. The second-order valence-corrected chi connectivity index (χ2v) is 2.48. The van der Waals surface area contributed by atoms with Crippen LogP contribution in [-0.2, 0) is 9.59 Å². The van der Waals surface area contributed by atoms with E-state index >= 15 is 0 Å². The zero-order chi connectivity index (χ0) is 10.7. The highest BCUT2D eigenvalue weighted by Gasteiger charge is 2.20. The van der Waals surface area contributed by atoms with Crippen molar-refractivity contribution in [1.29, 1.82) is 0 Å². The molecule has 0 aliphatic carbocycles. The smallest absolute Gasteiger partial charge is 0.281 e. The van der Waals surface area contributed by atoms with Crippen molar-refractivity contribution in [2.75, 3.05) is 17.4 Å². The number of nitrogens with one attached hydrogen (secondary N) is 1. The van der Waals surface area contributed by atoms with Crippen LogP contribution in [0.2, 0.25) is 0 Å². The van der Waals surface area contributed by atoms with Crippen LogP contribution < -0.4 is 10.3 Å². The van der Waals surface area contributed by atoms with Gasteiger partial charge in [-0.05, 0) is 5.21 Å². The second kappa shape index (κ2) is 3.81. The van der Waals surface area contributed by atoms with E-state index in [0.29, 0.717) is 0 Å². The second-order valence-electron chi connectivity index (χ2n) is 2.48. The molecule has 76 valence electrons. The molecule has 0 fully saturated rings. The first-order valence-electron chi connectivity index (χ1n) is 3.85. The fourth-order valence-electron chi connectivity index (χ4n) is 0.895. The molecule has 0 aliphatic rings. The van der Waals surface area contributed by atoms with Gasteiger partial charge in [0.25, 0.3) is 5.95 Å². The molecule has 0 unspecified atom stereocenters. The molecule has 0 atom stereocenters. The summed E-state index contributed by atoms with van der Waals surface area (Å²) >= 11 is 0. The highest BCUT2D eigenvalue weighted by Crippen LogP contribution is 2.04. The van der Waals surface area contributed by atoms with Gasteiger partial charge in [0.1, 0.15) is 0 Å². The van der Waals surface area contributed by atoms with Gasteiger partial charge in [0, 0.05) is 20.9 Å². The molecule has 2 amide bonds. The summed E-state index contributed by atoms with van der Waals surface area (Å²) in [4.78, 5) is 24.0. The van der Waals surface area contributed by atoms with Crippen LogP contribution in [0.5, 0.6) is 0 Å². The van der Waals surface area contributed by atoms with Gasteiger partial charge in [0.05, 0.1) is 0 Å². The van der Waals surface area contributed by atoms with Gasteiger partial charge < -0.3 is 0 Å². The number of hydrogen-bond acceptors (Lipinski definition) is 6. The van der Waals surface area contributed by atoms with Crippen molar-refractivity contribution < 1.29 is 9.59 Å². The molecule has 14 heavy (non-hydrogen) atoms. The topological polar surface area (TPSA) is 93.0 Å². The standard InChI is InChI=1S/C6H10N6O2/c1-4(13)11(5(2)14)6-8-10-12(7-3)9-6/h7H,1-3H3. The van der Waals surface area contributed by atoms with Crippen LogP contribution >= 0.6 is 0 Å². The number of carbonyl (C=O) groups is 2. The lowest BCUT2D eigenvalue weighted by atomic mass is 10.5. The summed E-state index contributed by atoms with van der Waals surface area (Å²) in [5.74, 6) is -0.944.